The van der Waals surface area contributed by atoms with E-state index in [0.717, 1.165) is 39.1 Å². The molecule has 0 saturated heterocycles. The molecule has 1 unspecified atom stereocenters. The lowest BCUT2D eigenvalue weighted by atomic mass is 10.0. The highest BCUT2D eigenvalue weighted by atomic mass is 32.2. The molecule has 134 valence electrons. The summed E-state index contributed by atoms with van der Waals surface area (Å²) in [6.07, 6.45) is 0.806. The fourth-order valence-electron chi connectivity index (χ4n) is 2.89. The molecule has 0 aliphatic rings. The second-order valence-corrected chi connectivity index (χ2v) is 7.34. The Labute approximate surface area is 158 Å². The van der Waals surface area contributed by atoms with Gasteiger partial charge in [0.25, 0.3) is 0 Å². The normalized spacial score (nSPS) is 12.1. The van der Waals surface area contributed by atoms with E-state index in [2.05, 4.69) is 49.9 Å². The molecular formula is C22H22O3S. The van der Waals surface area contributed by atoms with Crippen molar-refractivity contribution in [1.29, 1.82) is 0 Å². The van der Waals surface area contributed by atoms with Crippen LogP contribution in [0.3, 0.4) is 0 Å². The molecule has 0 aliphatic carbocycles. The van der Waals surface area contributed by atoms with E-state index in [9.17, 15) is 4.79 Å². The van der Waals surface area contributed by atoms with Gasteiger partial charge in [0.2, 0.25) is 0 Å². The summed E-state index contributed by atoms with van der Waals surface area (Å²) in [7, 11) is 0. The van der Waals surface area contributed by atoms with Crippen molar-refractivity contribution in [2.75, 3.05) is 12.4 Å². The van der Waals surface area contributed by atoms with Crippen LogP contribution in [0, 0.1) is 0 Å². The van der Waals surface area contributed by atoms with Gasteiger partial charge in [-0.15, -0.1) is 11.8 Å². The van der Waals surface area contributed by atoms with Crippen LogP contribution >= 0.6 is 11.8 Å². The van der Waals surface area contributed by atoms with E-state index in [1.54, 1.807) is 11.8 Å². The minimum absolute atomic E-state index is 0.286. The second kappa shape index (κ2) is 8.28. The standard InChI is InChI=1S/C22H22O3S/c1-4-21(23)25-15(3)14-24-22-19-9-7-6-8-16(19)12-17-10-11-18(26-5-2)13-20(17)22/h4,6-13,15H,1,5,14H2,2-3H3. The average Bonchev–Trinajstić information content (AvgIpc) is 2.65. The van der Waals surface area contributed by atoms with Gasteiger partial charge in [0.15, 0.2) is 0 Å². The van der Waals surface area contributed by atoms with Crippen LogP contribution in [0.25, 0.3) is 21.5 Å². The van der Waals surface area contributed by atoms with Crippen molar-refractivity contribution in [3.8, 4) is 5.75 Å². The largest absolute Gasteiger partial charge is 0.488 e. The number of carbonyl (C=O) groups excluding carboxylic acids is 1. The molecule has 0 saturated carbocycles. The third-order valence-corrected chi connectivity index (χ3v) is 4.92. The number of thioether (sulfide) groups is 1. The number of carbonyl (C=O) groups is 1. The average molecular weight is 366 g/mol. The Hall–Kier alpha value is -2.46. The van der Waals surface area contributed by atoms with Gasteiger partial charge in [-0.25, -0.2) is 4.79 Å². The van der Waals surface area contributed by atoms with Crippen LogP contribution < -0.4 is 4.74 Å². The van der Waals surface area contributed by atoms with Crippen molar-refractivity contribution in [2.45, 2.75) is 24.8 Å². The molecule has 3 aromatic rings. The van der Waals surface area contributed by atoms with Crippen molar-refractivity contribution >= 4 is 39.3 Å². The van der Waals surface area contributed by atoms with Crippen molar-refractivity contribution in [2.24, 2.45) is 0 Å². The fraction of sp³-hybridized carbons (Fsp3) is 0.227. The Balaban J connectivity index is 2.02. The number of benzene rings is 3. The van der Waals surface area contributed by atoms with Crippen molar-refractivity contribution in [1.82, 2.24) is 0 Å². The summed E-state index contributed by atoms with van der Waals surface area (Å²) >= 11 is 1.80. The van der Waals surface area contributed by atoms with E-state index >= 15 is 0 Å². The molecule has 0 bridgehead atoms. The highest BCUT2D eigenvalue weighted by molar-refractivity contribution is 7.99. The SMILES string of the molecule is C=CC(=O)OC(C)COc1c2ccccc2cc2ccc(SCC)cc12. The fourth-order valence-corrected chi connectivity index (χ4v) is 3.59. The summed E-state index contributed by atoms with van der Waals surface area (Å²) < 4.78 is 11.4. The molecule has 0 amide bonds. The topological polar surface area (TPSA) is 35.5 Å². The number of hydrogen-bond acceptors (Lipinski definition) is 4. The molecule has 0 radical (unpaired) electrons. The van der Waals surface area contributed by atoms with Crippen molar-refractivity contribution < 1.29 is 14.3 Å². The summed E-state index contributed by atoms with van der Waals surface area (Å²) in [4.78, 5) is 12.6. The van der Waals surface area contributed by atoms with E-state index in [1.165, 1.54) is 4.90 Å². The Morgan fingerprint density at radius 3 is 2.69 bits per heavy atom. The first-order valence-electron chi connectivity index (χ1n) is 8.66. The van der Waals surface area contributed by atoms with E-state index in [4.69, 9.17) is 9.47 Å². The Kier molecular flexibility index (Phi) is 5.84. The quantitative estimate of drug-likeness (QED) is 0.236. The first-order valence-corrected chi connectivity index (χ1v) is 9.65. The molecular weight excluding hydrogens is 344 g/mol. The summed E-state index contributed by atoms with van der Waals surface area (Å²) in [5, 5.41) is 4.39. The van der Waals surface area contributed by atoms with Gasteiger partial charge in [0.1, 0.15) is 18.5 Å². The van der Waals surface area contributed by atoms with E-state index in [0.29, 0.717) is 0 Å². The third-order valence-electron chi connectivity index (χ3n) is 4.04. The third kappa shape index (κ3) is 4.02. The lowest BCUT2D eigenvalue weighted by molar-refractivity contribution is -0.143. The Morgan fingerprint density at radius 2 is 1.92 bits per heavy atom. The van der Waals surface area contributed by atoms with Gasteiger partial charge in [0, 0.05) is 21.7 Å². The molecule has 0 fully saturated rings. The highest BCUT2D eigenvalue weighted by Crippen LogP contribution is 2.37. The monoisotopic (exact) mass is 366 g/mol. The molecule has 1 atom stereocenters. The lowest BCUT2D eigenvalue weighted by Crippen LogP contribution is -2.21. The maximum Gasteiger partial charge on any atom is 0.330 e. The van der Waals surface area contributed by atoms with Gasteiger partial charge in [-0.2, -0.15) is 0 Å². The predicted octanol–water partition coefficient (Wildman–Crippen LogP) is 5.60. The summed E-state index contributed by atoms with van der Waals surface area (Å²) in [5.74, 6) is 1.41. The molecule has 0 spiro atoms. The van der Waals surface area contributed by atoms with Gasteiger partial charge in [0.05, 0.1) is 0 Å². The minimum atomic E-state index is -0.439. The van der Waals surface area contributed by atoms with Crippen LogP contribution in [0.5, 0.6) is 5.75 Å². The van der Waals surface area contributed by atoms with Crippen LogP contribution in [0.2, 0.25) is 0 Å². The molecule has 4 heteroatoms. The molecule has 0 N–H and O–H groups in total. The number of rotatable bonds is 7. The van der Waals surface area contributed by atoms with Gasteiger partial charge >= 0.3 is 5.97 Å². The molecule has 3 nitrogen and oxygen atoms in total. The summed E-state index contributed by atoms with van der Waals surface area (Å²) in [6, 6.07) is 16.8. The molecule has 26 heavy (non-hydrogen) atoms. The predicted molar refractivity (Wildman–Crippen MR) is 109 cm³/mol. The maximum absolute atomic E-state index is 11.4. The first kappa shape index (κ1) is 18.3. The van der Waals surface area contributed by atoms with E-state index < -0.39 is 5.97 Å². The molecule has 3 aromatic carbocycles. The lowest BCUT2D eigenvalue weighted by Gasteiger charge is -2.17. The zero-order chi connectivity index (χ0) is 18.5. The number of ether oxygens (including phenoxy) is 2. The van der Waals surface area contributed by atoms with Crippen LogP contribution in [-0.2, 0) is 9.53 Å². The molecule has 0 aromatic heterocycles. The molecule has 3 rings (SSSR count). The number of fused-ring (bicyclic) bond motifs is 2. The maximum atomic E-state index is 11.4. The number of esters is 1. The van der Waals surface area contributed by atoms with Crippen LogP contribution in [-0.4, -0.2) is 24.4 Å². The van der Waals surface area contributed by atoms with Gasteiger partial charge in [-0.1, -0.05) is 43.8 Å². The van der Waals surface area contributed by atoms with Crippen LogP contribution in [0.15, 0.2) is 66.1 Å². The molecule has 0 aliphatic heterocycles. The van der Waals surface area contributed by atoms with E-state index in [1.807, 2.05) is 19.1 Å². The van der Waals surface area contributed by atoms with Crippen molar-refractivity contribution in [3.63, 3.8) is 0 Å². The minimum Gasteiger partial charge on any atom is -0.488 e. The zero-order valence-electron chi connectivity index (χ0n) is 15.0. The Morgan fingerprint density at radius 1 is 1.15 bits per heavy atom. The Bertz CT molecular complexity index is 949. The number of hydrogen-bond donors (Lipinski definition) is 0. The summed E-state index contributed by atoms with van der Waals surface area (Å²) in [6.45, 7) is 7.66. The first-order chi connectivity index (χ1) is 12.6. The molecule has 0 heterocycles. The highest BCUT2D eigenvalue weighted by Gasteiger charge is 2.13. The zero-order valence-corrected chi connectivity index (χ0v) is 15.8. The smallest absolute Gasteiger partial charge is 0.330 e. The second-order valence-electron chi connectivity index (χ2n) is 6.01. The van der Waals surface area contributed by atoms with Gasteiger partial charge in [-0.3, -0.25) is 0 Å². The summed E-state index contributed by atoms with van der Waals surface area (Å²) in [5.41, 5.74) is 0. The van der Waals surface area contributed by atoms with Gasteiger partial charge < -0.3 is 9.47 Å². The van der Waals surface area contributed by atoms with E-state index in [-0.39, 0.29) is 12.7 Å². The van der Waals surface area contributed by atoms with Crippen LogP contribution in [0.4, 0.5) is 0 Å². The van der Waals surface area contributed by atoms with Crippen LogP contribution in [0.1, 0.15) is 13.8 Å². The van der Waals surface area contributed by atoms with Crippen molar-refractivity contribution in [3.05, 3.63) is 61.2 Å². The van der Waals surface area contributed by atoms with Gasteiger partial charge in [-0.05, 0) is 41.6 Å².